The number of allylic oxidation sites excluding steroid dienone is 1. The van der Waals surface area contributed by atoms with Crippen molar-refractivity contribution in [1.82, 2.24) is 16.0 Å². The van der Waals surface area contributed by atoms with Crippen LogP contribution in [0.2, 0.25) is 5.31 Å². The largest absolute Gasteiger partial charge is 0.458 e. The molecule has 4 saturated carbocycles. The van der Waals surface area contributed by atoms with Gasteiger partial charge in [0.05, 0.1) is 6.04 Å². The number of aryl methyl sites for hydroxylation is 1. The first-order chi connectivity index (χ1) is 24.0. The smallest absolute Gasteiger partial charge is 0.427 e. The zero-order chi connectivity index (χ0) is 35.8. The number of benzene rings is 2. The summed E-state index contributed by atoms with van der Waals surface area (Å²) >= 11 is 0. The van der Waals surface area contributed by atoms with Crippen LogP contribution < -0.4 is 21.7 Å². The lowest BCUT2D eigenvalue weighted by molar-refractivity contribution is -0.133. The third kappa shape index (κ3) is 9.10. The second-order valence-electron chi connectivity index (χ2n) is 15.0. The summed E-state index contributed by atoms with van der Waals surface area (Å²) in [6.45, 7) is 4.39. The third-order valence-corrected chi connectivity index (χ3v) is 11.0. The van der Waals surface area contributed by atoms with Gasteiger partial charge in [0.2, 0.25) is 17.7 Å². The van der Waals surface area contributed by atoms with Crippen molar-refractivity contribution in [3.8, 4) is 0 Å². The summed E-state index contributed by atoms with van der Waals surface area (Å²) in [7, 11) is -1.33. The van der Waals surface area contributed by atoms with Crippen LogP contribution in [0.15, 0.2) is 72.3 Å². The van der Waals surface area contributed by atoms with E-state index in [1.807, 2.05) is 74.5 Å². The normalized spacial score (nSPS) is 24.3. The number of ketones is 1. The minimum absolute atomic E-state index is 0.0575. The van der Waals surface area contributed by atoms with E-state index in [2.05, 4.69) is 16.0 Å². The first kappa shape index (κ1) is 37.5. The van der Waals surface area contributed by atoms with Gasteiger partial charge in [0, 0.05) is 18.2 Å². The predicted molar refractivity (Wildman–Crippen MR) is 193 cm³/mol. The molecule has 50 heavy (non-hydrogen) atoms. The highest BCUT2D eigenvalue weighted by molar-refractivity contribution is 6.47. The van der Waals surface area contributed by atoms with Gasteiger partial charge >= 0.3 is 7.12 Å². The molecule has 7 N–H and O–H groups in total. The predicted octanol–water partition coefficient (Wildman–Crippen LogP) is 3.26. The van der Waals surface area contributed by atoms with Gasteiger partial charge in [-0.05, 0) is 98.8 Å². The van der Waals surface area contributed by atoms with Gasteiger partial charge in [-0.15, -0.1) is 0 Å². The molecule has 4 aliphatic carbocycles. The monoisotopic (exact) mass is 684 g/mol. The van der Waals surface area contributed by atoms with E-state index in [9.17, 15) is 29.2 Å². The Bertz CT molecular complexity index is 1520. The van der Waals surface area contributed by atoms with Crippen molar-refractivity contribution in [2.24, 2.45) is 29.4 Å². The highest BCUT2D eigenvalue weighted by Crippen LogP contribution is 2.82. The number of hydrogen-bond acceptors (Lipinski definition) is 7. The van der Waals surface area contributed by atoms with Gasteiger partial charge in [-0.2, -0.15) is 0 Å². The molecule has 268 valence electrons. The number of carbonyl (C=O) groups excluding carboxylic acids is 4. The molecule has 0 heterocycles. The summed E-state index contributed by atoms with van der Waals surface area (Å²) < 4.78 is 0. The molecule has 0 aliphatic heterocycles. The minimum Gasteiger partial charge on any atom is -0.427 e. The maximum atomic E-state index is 13.9. The summed E-state index contributed by atoms with van der Waals surface area (Å²) in [6.07, 6.45) is 7.01. The fourth-order valence-corrected chi connectivity index (χ4v) is 8.37. The lowest BCUT2D eigenvalue weighted by Gasteiger charge is -2.30. The third-order valence-electron chi connectivity index (χ3n) is 11.0. The lowest BCUT2D eigenvalue weighted by atomic mass is 9.61. The van der Waals surface area contributed by atoms with Crippen molar-refractivity contribution >= 4 is 30.6 Å². The van der Waals surface area contributed by atoms with Gasteiger partial charge in [-0.25, -0.2) is 0 Å². The molecular weight excluding hydrogens is 631 g/mol. The number of nitrogens with two attached hydrogens (primary N) is 1. The second-order valence-corrected chi connectivity index (χ2v) is 15.0. The summed E-state index contributed by atoms with van der Waals surface area (Å²) in [4.78, 5) is 54.6. The molecule has 11 heteroatoms. The van der Waals surface area contributed by atoms with E-state index in [4.69, 9.17) is 5.73 Å². The Balaban J connectivity index is 1.27. The van der Waals surface area contributed by atoms with Crippen LogP contribution in [-0.2, 0) is 32.0 Å². The molecule has 7 atom stereocenters. The lowest BCUT2D eigenvalue weighted by Crippen LogP contribution is -2.56. The molecule has 2 aromatic rings. The van der Waals surface area contributed by atoms with Crippen LogP contribution in [0.25, 0.3) is 0 Å². The molecular formula is C39H53BN4O6. The van der Waals surface area contributed by atoms with Crippen molar-refractivity contribution in [2.75, 3.05) is 6.54 Å². The van der Waals surface area contributed by atoms with Gasteiger partial charge in [0.25, 0.3) is 0 Å². The van der Waals surface area contributed by atoms with Crippen molar-refractivity contribution in [2.45, 2.75) is 101 Å². The number of fused-ring (bicyclic) bond motifs is 1. The van der Waals surface area contributed by atoms with Crippen LogP contribution in [-0.4, -0.2) is 65.3 Å². The number of amides is 3. The molecule has 4 bridgehead atoms. The molecule has 4 aliphatic rings. The topological polar surface area (TPSA) is 171 Å². The summed E-state index contributed by atoms with van der Waals surface area (Å²) in [5, 5.41) is 28.4. The van der Waals surface area contributed by atoms with E-state index >= 15 is 0 Å². The average molecular weight is 685 g/mol. The standard InChI is InChI=1S/C39H53BN4O6/c1-25(2)19-33(44-38(48)34(20-27-13-7-4-8-14-27)42-36(46)17-16-26-11-5-3-6-12-26)37(47)43-32(15-9-10-18-41)35(45)23-28-21-30-31-22-29(28)24-39(30,31)40(49)50/h3-8,11-14,23,25,29-34,49-50H,9-10,15-22,24,41H2,1-2H3,(H,42,46)(H,43,47)(H,44,48)/b28-23-/t29?,30?,31?,32-,33-,34-,39?/m1/s1. The first-order valence-corrected chi connectivity index (χ1v) is 18.3. The Morgan fingerprint density at radius 3 is 2.10 bits per heavy atom. The van der Waals surface area contributed by atoms with Gasteiger partial charge < -0.3 is 31.7 Å². The van der Waals surface area contributed by atoms with E-state index in [-0.39, 0.29) is 42.3 Å². The fourth-order valence-electron chi connectivity index (χ4n) is 8.37. The van der Waals surface area contributed by atoms with Crippen LogP contribution in [0.5, 0.6) is 0 Å². The van der Waals surface area contributed by atoms with Crippen molar-refractivity contribution in [3.05, 3.63) is 83.4 Å². The van der Waals surface area contributed by atoms with Gasteiger partial charge in [0.1, 0.15) is 12.1 Å². The van der Waals surface area contributed by atoms with Crippen molar-refractivity contribution in [1.29, 1.82) is 0 Å². The Morgan fingerprint density at radius 2 is 1.52 bits per heavy atom. The highest BCUT2D eigenvalue weighted by Gasteiger charge is 2.76. The van der Waals surface area contributed by atoms with E-state index in [1.165, 1.54) is 0 Å². The molecule has 10 nitrogen and oxygen atoms in total. The Morgan fingerprint density at radius 1 is 0.880 bits per heavy atom. The number of carbonyl (C=O) groups is 4. The summed E-state index contributed by atoms with van der Waals surface area (Å²) in [5.41, 5.74) is 8.67. The molecule has 3 amide bonds. The van der Waals surface area contributed by atoms with Gasteiger partial charge in [-0.3, -0.25) is 19.2 Å². The quantitative estimate of drug-likeness (QED) is 0.0750. The van der Waals surface area contributed by atoms with Crippen LogP contribution in [0.4, 0.5) is 0 Å². The van der Waals surface area contributed by atoms with Crippen LogP contribution in [0, 0.1) is 23.7 Å². The Labute approximate surface area is 296 Å². The van der Waals surface area contributed by atoms with Crippen LogP contribution in [0.3, 0.4) is 0 Å². The number of rotatable bonds is 19. The van der Waals surface area contributed by atoms with E-state index in [1.54, 1.807) is 6.08 Å². The SMILES string of the molecule is CC(C)C[C@@H](NC(=O)[C@@H](Cc1ccccc1)NC(=O)CCc1ccccc1)C(=O)N[C@H](CCCCN)C(=O)/C=C1/CC2C3CC1CC23B(O)O. The van der Waals surface area contributed by atoms with E-state index in [0.717, 1.165) is 23.1 Å². The van der Waals surface area contributed by atoms with Crippen LogP contribution in [0.1, 0.15) is 76.3 Å². The molecule has 4 fully saturated rings. The van der Waals surface area contributed by atoms with Crippen molar-refractivity contribution < 1.29 is 29.2 Å². The van der Waals surface area contributed by atoms with Crippen LogP contribution >= 0.6 is 0 Å². The number of nitrogens with one attached hydrogen (secondary N) is 3. The Hall–Kier alpha value is -3.80. The van der Waals surface area contributed by atoms with E-state index < -0.39 is 42.4 Å². The van der Waals surface area contributed by atoms with Gasteiger partial charge in [-0.1, -0.05) is 80.1 Å². The van der Waals surface area contributed by atoms with Crippen molar-refractivity contribution in [3.63, 3.8) is 0 Å². The molecule has 0 spiro atoms. The summed E-state index contributed by atoms with van der Waals surface area (Å²) in [5.74, 6) is -0.654. The van der Waals surface area contributed by atoms with Gasteiger partial charge in [0.15, 0.2) is 5.78 Å². The maximum Gasteiger partial charge on any atom is 0.458 e. The fraction of sp³-hybridized carbons (Fsp3) is 0.538. The maximum absolute atomic E-state index is 13.9. The number of hydrogen-bond donors (Lipinski definition) is 6. The molecule has 0 aromatic heterocycles. The minimum atomic E-state index is -1.33. The molecule has 6 rings (SSSR count). The first-order valence-electron chi connectivity index (χ1n) is 18.3. The zero-order valence-corrected chi connectivity index (χ0v) is 29.4. The molecule has 0 saturated heterocycles. The second kappa shape index (κ2) is 16.9. The summed E-state index contributed by atoms with van der Waals surface area (Å²) in [6, 6.07) is 16.5. The molecule has 0 radical (unpaired) electrons. The average Bonchev–Trinajstić information content (AvgIpc) is 3.57. The molecule has 4 unspecified atom stereocenters. The number of unbranched alkanes of at least 4 members (excludes halogenated alkanes) is 1. The highest BCUT2D eigenvalue weighted by atomic mass is 16.4. The van der Waals surface area contributed by atoms with E-state index in [0.29, 0.717) is 57.4 Å². The Kier molecular flexibility index (Phi) is 12.7. The zero-order valence-electron chi connectivity index (χ0n) is 29.4. The molecule has 2 aromatic carbocycles.